The van der Waals surface area contributed by atoms with Crippen molar-refractivity contribution in [3.05, 3.63) is 28.8 Å². The van der Waals surface area contributed by atoms with E-state index >= 15 is 0 Å². The molecule has 96 valence electrons. The average Bonchev–Trinajstić information content (AvgIpc) is 2.28. The van der Waals surface area contributed by atoms with E-state index in [1.807, 2.05) is 24.0 Å². The lowest BCUT2D eigenvalue weighted by Gasteiger charge is -2.26. The van der Waals surface area contributed by atoms with Crippen LogP contribution in [0.3, 0.4) is 0 Å². The van der Waals surface area contributed by atoms with Gasteiger partial charge in [0.25, 0.3) is 0 Å². The van der Waals surface area contributed by atoms with Crippen molar-refractivity contribution in [3.8, 4) is 12.3 Å². The molecule has 0 amide bonds. The lowest BCUT2D eigenvalue weighted by atomic mass is 10.1. The summed E-state index contributed by atoms with van der Waals surface area (Å²) in [6, 6.07) is 5.48. The van der Waals surface area contributed by atoms with Crippen LogP contribution in [0.4, 0.5) is 5.69 Å². The van der Waals surface area contributed by atoms with Crippen LogP contribution in [0.1, 0.15) is 12.5 Å². The summed E-state index contributed by atoms with van der Waals surface area (Å²) in [5.41, 5.74) is 1.90. The van der Waals surface area contributed by atoms with Gasteiger partial charge in [0, 0.05) is 17.3 Å². The summed E-state index contributed by atoms with van der Waals surface area (Å²) in [4.78, 5) is 12.8. The predicted molar refractivity (Wildman–Crippen MR) is 74.0 cm³/mol. The first-order chi connectivity index (χ1) is 8.45. The summed E-state index contributed by atoms with van der Waals surface area (Å²) < 4.78 is 0. The van der Waals surface area contributed by atoms with E-state index in [0.29, 0.717) is 18.1 Å². The molecule has 0 saturated carbocycles. The normalized spacial score (nSPS) is 11.7. The van der Waals surface area contributed by atoms with Gasteiger partial charge in [0.1, 0.15) is 0 Å². The van der Waals surface area contributed by atoms with Crippen LogP contribution < -0.4 is 4.90 Å². The summed E-state index contributed by atoms with van der Waals surface area (Å²) in [6.45, 7) is 4.34. The summed E-state index contributed by atoms with van der Waals surface area (Å²) in [7, 11) is 0. The van der Waals surface area contributed by atoms with Crippen molar-refractivity contribution in [1.29, 1.82) is 0 Å². The van der Waals surface area contributed by atoms with E-state index in [9.17, 15) is 4.79 Å². The number of halogens is 1. The number of rotatable bonds is 5. The molecule has 0 radical (unpaired) electrons. The van der Waals surface area contributed by atoms with Crippen molar-refractivity contribution in [3.63, 3.8) is 0 Å². The molecule has 1 rings (SSSR count). The van der Waals surface area contributed by atoms with Gasteiger partial charge in [0.05, 0.1) is 12.5 Å². The molecule has 0 bridgehead atoms. The number of carbonyl (C=O) groups is 1. The van der Waals surface area contributed by atoms with Crippen LogP contribution in [0.2, 0.25) is 5.02 Å². The highest BCUT2D eigenvalue weighted by Crippen LogP contribution is 2.24. The van der Waals surface area contributed by atoms with Gasteiger partial charge in [-0.05, 0) is 30.7 Å². The lowest BCUT2D eigenvalue weighted by molar-refractivity contribution is -0.140. The molecular weight excluding hydrogens is 250 g/mol. The van der Waals surface area contributed by atoms with Gasteiger partial charge in [-0.1, -0.05) is 24.4 Å². The van der Waals surface area contributed by atoms with Crippen LogP contribution >= 0.6 is 11.6 Å². The lowest BCUT2D eigenvalue weighted by Crippen LogP contribution is -2.32. The van der Waals surface area contributed by atoms with Crippen molar-refractivity contribution in [2.45, 2.75) is 13.8 Å². The first kappa shape index (κ1) is 14.4. The third-order valence-electron chi connectivity index (χ3n) is 2.70. The third kappa shape index (κ3) is 3.68. The highest BCUT2D eigenvalue weighted by Gasteiger charge is 2.17. The zero-order valence-corrected chi connectivity index (χ0v) is 11.2. The maximum absolute atomic E-state index is 10.9. The van der Waals surface area contributed by atoms with Crippen molar-refractivity contribution in [2.75, 3.05) is 18.0 Å². The minimum absolute atomic E-state index is 0.375. The number of hydrogen-bond acceptors (Lipinski definition) is 2. The van der Waals surface area contributed by atoms with Crippen molar-refractivity contribution < 1.29 is 9.90 Å². The average molecular weight is 266 g/mol. The molecule has 1 atom stereocenters. The SMILES string of the molecule is C#CCN(CC(C)C(=O)O)c1ccc(Cl)cc1C. The summed E-state index contributed by atoms with van der Waals surface area (Å²) in [5.74, 6) is 1.24. The third-order valence-corrected chi connectivity index (χ3v) is 2.93. The molecule has 1 aromatic carbocycles. The quantitative estimate of drug-likeness (QED) is 0.833. The summed E-state index contributed by atoms with van der Waals surface area (Å²) >= 11 is 5.90. The van der Waals surface area contributed by atoms with Gasteiger partial charge in [0.15, 0.2) is 0 Å². The minimum Gasteiger partial charge on any atom is -0.481 e. The van der Waals surface area contributed by atoms with Gasteiger partial charge in [-0.25, -0.2) is 0 Å². The molecule has 1 unspecified atom stereocenters. The van der Waals surface area contributed by atoms with E-state index < -0.39 is 11.9 Å². The largest absolute Gasteiger partial charge is 0.481 e. The molecule has 1 aromatic rings. The van der Waals surface area contributed by atoms with Crippen LogP contribution in [0.5, 0.6) is 0 Å². The number of anilines is 1. The van der Waals surface area contributed by atoms with Crippen LogP contribution in [0.25, 0.3) is 0 Å². The number of nitrogens with zero attached hydrogens (tertiary/aromatic N) is 1. The first-order valence-electron chi connectivity index (χ1n) is 5.63. The van der Waals surface area contributed by atoms with Crippen LogP contribution in [-0.2, 0) is 4.79 Å². The number of aryl methyl sites for hydroxylation is 1. The number of aliphatic carboxylic acids is 1. The molecule has 3 nitrogen and oxygen atoms in total. The van der Waals surface area contributed by atoms with Crippen molar-refractivity contribution in [1.82, 2.24) is 0 Å². The van der Waals surface area contributed by atoms with E-state index in [1.54, 1.807) is 13.0 Å². The Bertz CT molecular complexity index is 479. The molecule has 0 heterocycles. The van der Waals surface area contributed by atoms with Crippen LogP contribution in [0.15, 0.2) is 18.2 Å². The standard InChI is InChI=1S/C14H16ClNO2/c1-4-7-16(9-11(3)14(17)18)13-6-5-12(15)8-10(13)2/h1,5-6,8,11H,7,9H2,2-3H3,(H,17,18). The zero-order valence-electron chi connectivity index (χ0n) is 10.5. The highest BCUT2D eigenvalue weighted by molar-refractivity contribution is 6.30. The number of carboxylic acid groups (broad SMARTS) is 1. The fourth-order valence-corrected chi connectivity index (χ4v) is 1.97. The zero-order chi connectivity index (χ0) is 13.7. The molecule has 0 aliphatic carbocycles. The second kappa shape index (κ2) is 6.32. The monoisotopic (exact) mass is 265 g/mol. The Balaban J connectivity index is 2.97. The van der Waals surface area contributed by atoms with Gasteiger partial charge in [-0.15, -0.1) is 6.42 Å². The molecule has 0 saturated heterocycles. The second-order valence-electron chi connectivity index (χ2n) is 4.25. The molecule has 0 aliphatic heterocycles. The van der Waals surface area contributed by atoms with E-state index in [4.69, 9.17) is 23.1 Å². The van der Waals surface area contributed by atoms with Crippen molar-refractivity contribution >= 4 is 23.3 Å². The van der Waals surface area contributed by atoms with Crippen LogP contribution in [0, 0.1) is 25.2 Å². The Morgan fingerprint density at radius 3 is 2.78 bits per heavy atom. The Labute approximate surface area is 112 Å². The van der Waals surface area contributed by atoms with E-state index in [0.717, 1.165) is 11.3 Å². The highest BCUT2D eigenvalue weighted by atomic mass is 35.5. The van der Waals surface area contributed by atoms with E-state index in [2.05, 4.69) is 5.92 Å². The van der Waals surface area contributed by atoms with Gasteiger partial charge >= 0.3 is 5.97 Å². The minimum atomic E-state index is -0.830. The van der Waals surface area contributed by atoms with E-state index in [-0.39, 0.29) is 0 Å². The Hall–Kier alpha value is -1.66. The Kier molecular flexibility index (Phi) is 5.06. The predicted octanol–water partition coefficient (Wildman–Crippen LogP) is 2.81. The number of benzene rings is 1. The topological polar surface area (TPSA) is 40.5 Å². The molecular formula is C14H16ClNO2. The molecule has 0 spiro atoms. The Morgan fingerprint density at radius 1 is 1.61 bits per heavy atom. The molecule has 1 N–H and O–H groups in total. The maximum Gasteiger partial charge on any atom is 0.308 e. The first-order valence-corrected chi connectivity index (χ1v) is 6.01. The molecule has 4 heteroatoms. The molecule has 0 fully saturated rings. The van der Waals surface area contributed by atoms with Gasteiger partial charge in [0.2, 0.25) is 0 Å². The van der Waals surface area contributed by atoms with Crippen LogP contribution in [-0.4, -0.2) is 24.2 Å². The Morgan fingerprint density at radius 2 is 2.28 bits per heavy atom. The molecule has 0 aromatic heterocycles. The fraction of sp³-hybridized carbons (Fsp3) is 0.357. The van der Waals surface area contributed by atoms with Crippen molar-refractivity contribution in [2.24, 2.45) is 5.92 Å². The van der Waals surface area contributed by atoms with Gasteiger partial charge < -0.3 is 10.0 Å². The second-order valence-corrected chi connectivity index (χ2v) is 4.69. The summed E-state index contributed by atoms with van der Waals surface area (Å²) in [5, 5.41) is 9.62. The fourth-order valence-electron chi connectivity index (χ4n) is 1.74. The van der Waals surface area contributed by atoms with Gasteiger partial charge in [-0.2, -0.15) is 0 Å². The smallest absolute Gasteiger partial charge is 0.308 e. The maximum atomic E-state index is 10.9. The molecule has 18 heavy (non-hydrogen) atoms. The van der Waals surface area contributed by atoms with Gasteiger partial charge in [-0.3, -0.25) is 4.79 Å². The number of carboxylic acids is 1. The number of hydrogen-bond donors (Lipinski definition) is 1. The summed E-state index contributed by atoms with van der Waals surface area (Å²) in [6.07, 6.45) is 5.33. The number of terminal acetylenes is 1. The van der Waals surface area contributed by atoms with E-state index in [1.165, 1.54) is 0 Å². The molecule has 0 aliphatic rings.